The third-order valence-electron chi connectivity index (χ3n) is 3.17. The number of benzene rings is 2. The van der Waals surface area contributed by atoms with Crippen molar-refractivity contribution in [3.8, 4) is 0 Å². The number of carbonyl (C=O) groups excluding carboxylic acids is 1. The van der Waals surface area contributed by atoms with Gasteiger partial charge in [0.05, 0.1) is 10.5 Å². The quantitative estimate of drug-likeness (QED) is 0.506. The average Bonchev–Trinajstić information content (AvgIpc) is 2.49. The molecule has 0 bridgehead atoms. The van der Waals surface area contributed by atoms with E-state index in [1.165, 1.54) is 18.4 Å². The van der Waals surface area contributed by atoms with Gasteiger partial charge in [-0.2, -0.15) is 0 Å². The van der Waals surface area contributed by atoms with Crippen LogP contribution in [0.1, 0.15) is 15.9 Å². The lowest BCUT2D eigenvalue weighted by Crippen LogP contribution is -2.15. The standard InChI is InChI=1S/C15H15N3O4S/c1-9-6-12(14(16)13(7-9)18(20)21)15(19)17-10-4-3-5-11(8-10)23(2)22/h3-8H,16H2,1-2H3,(H,17,19). The highest BCUT2D eigenvalue weighted by Crippen LogP contribution is 2.28. The molecule has 1 amide bonds. The summed E-state index contributed by atoms with van der Waals surface area (Å²) >= 11 is 0. The molecule has 1 unspecified atom stereocenters. The molecule has 0 saturated carbocycles. The minimum Gasteiger partial charge on any atom is -0.393 e. The van der Waals surface area contributed by atoms with Gasteiger partial charge < -0.3 is 11.1 Å². The maximum absolute atomic E-state index is 12.4. The number of nitrogens with zero attached hydrogens (tertiary/aromatic N) is 1. The molecule has 8 heteroatoms. The van der Waals surface area contributed by atoms with Crippen LogP contribution >= 0.6 is 0 Å². The second-order valence-corrected chi connectivity index (χ2v) is 6.32. The number of carbonyl (C=O) groups is 1. The van der Waals surface area contributed by atoms with Gasteiger partial charge in [0.1, 0.15) is 5.69 Å². The van der Waals surface area contributed by atoms with Crippen molar-refractivity contribution in [3.63, 3.8) is 0 Å². The number of anilines is 2. The van der Waals surface area contributed by atoms with Crippen molar-refractivity contribution >= 4 is 33.8 Å². The molecule has 2 aromatic rings. The number of nitro benzene ring substituents is 1. The molecule has 0 fully saturated rings. The first-order valence-corrected chi connectivity index (χ1v) is 8.14. The van der Waals surface area contributed by atoms with Gasteiger partial charge in [0.2, 0.25) is 0 Å². The second-order valence-electron chi connectivity index (χ2n) is 4.94. The number of aryl methyl sites for hydroxylation is 1. The topological polar surface area (TPSA) is 115 Å². The average molecular weight is 333 g/mol. The summed E-state index contributed by atoms with van der Waals surface area (Å²) < 4.78 is 11.5. The zero-order valence-corrected chi connectivity index (χ0v) is 13.3. The summed E-state index contributed by atoms with van der Waals surface area (Å²) in [5.41, 5.74) is 6.26. The normalized spacial score (nSPS) is 11.7. The van der Waals surface area contributed by atoms with E-state index in [-0.39, 0.29) is 16.9 Å². The Balaban J connectivity index is 2.36. The lowest BCUT2D eigenvalue weighted by atomic mass is 10.1. The molecule has 0 aliphatic heterocycles. The Hall–Kier alpha value is -2.74. The van der Waals surface area contributed by atoms with Crippen LogP contribution in [0, 0.1) is 17.0 Å². The first kappa shape index (κ1) is 16.6. The molecule has 1 atom stereocenters. The molecule has 0 saturated heterocycles. The van der Waals surface area contributed by atoms with Gasteiger partial charge in [-0.1, -0.05) is 6.07 Å². The van der Waals surface area contributed by atoms with Crippen molar-refractivity contribution in [1.82, 2.24) is 0 Å². The van der Waals surface area contributed by atoms with Crippen molar-refractivity contribution in [2.24, 2.45) is 0 Å². The third-order valence-corrected chi connectivity index (χ3v) is 4.09. The van der Waals surface area contributed by atoms with E-state index in [0.717, 1.165) is 0 Å². The van der Waals surface area contributed by atoms with E-state index in [4.69, 9.17) is 5.73 Å². The molecule has 0 heterocycles. The molecular weight excluding hydrogens is 318 g/mol. The molecule has 0 spiro atoms. The fourth-order valence-electron chi connectivity index (χ4n) is 2.07. The maximum Gasteiger partial charge on any atom is 0.293 e. The third kappa shape index (κ3) is 3.72. The van der Waals surface area contributed by atoms with Gasteiger partial charge in [-0.3, -0.25) is 19.1 Å². The van der Waals surface area contributed by atoms with Gasteiger partial charge in [-0.05, 0) is 36.8 Å². The van der Waals surface area contributed by atoms with Crippen molar-refractivity contribution in [2.45, 2.75) is 11.8 Å². The summed E-state index contributed by atoms with van der Waals surface area (Å²) in [5, 5.41) is 13.6. The monoisotopic (exact) mass is 333 g/mol. The summed E-state index contributed by atoms with van der Waals surface area (Å²) in [4.78, 5) is 23.3. The van der Waals surface area contributed by atoms with Crippen LogP contribution in [0.2, 0.25) is 0 Å². The summed E-state index contributed by atoms with van der Waals surface area (Å²) in [6.45, 7) is 1.64. The molecule has 0 radical (unpaired) electrons. The molecule has 120 valence electrons. The lowest BCUT2D eigenvalue weighted by molar-refractivity contribution is -0.384. The highest BCUT2D eigenvalue weighted by atomic mass is 32.2. The summed E-state index contributed by atoms with van der Waals surface area (Å²) in [5.74, 6) is -0.562. The Labute approximate surface area is 135 Å². The number of nitrogen functional groups attached to an aromatic ring is 1. The van der Waals surface area contributed by atoms with Gasteiger partial charge >= 0.3 is 0 Å². The molecule has 7 nitrogen and oxygen atoms in total. The highest BCUT2D eigenvalue weighted by Gasteiger charge is 2.20. The van der Waals surface area contributed by atoms with Crippen LogP contribution in [-0.4, -0.2) is 21.3 Å². The van der Waals surface area contributed by atoms with E-state index < -0.39 is 21.6 Å². The maximum atomic E-state index is 12.4. The Morgan fingerprint density at radius 1 is 1.30 bits per heavy atom. The Kier molecular flexibility index (Phi) is 4.75. The van der Waals surface area contributed by atoms with Gasteiger partial charge in [-0.25, -0.2) is 0 Å². The Morgan fingerprint density at radius 2 is 2.00 bits per heavy atom. The van der Waals surface area contributed by atoms with Gasteiger partial charge in [0, 0.05) is 33.7 Å². The summed E-state index contributed by atoms with van der Waals surface area (Å²) in [6, 6.07) is 9.35. The van der Waals surface area contributed by atoms with Crippen molar-refractivity contribution in [2.75, 3.05) is 17.3 Å². The van der Waals surface area contributed by atoms with Crippen molar-refractivity contribution in [1.29, 1.82) is 0 Å². The van der Waals surface area contributed by atoms with Crippen LogP contribution in [-0.2, 0) is 10.8 Å². The van der Waals surface area contributed by atoms with Gasteiger partial charge in [-0.15, -0.1) is 0 Å². The molecule has 2 aromatic carbocycles. The van der Waals surface area contributed by atoms with Gasteiger partial charge in [0.25, 0.3) is 11.6 Å². The van der Waals surface area contributed by atoms with Crippen LogP contribution in [0.15, 0.2) is 41.3 Å². The number of amides is 1. The van der Waals surface area contributed by atoms with E-state index >= 15 is 0 Å². The second kappa shape index (κ2) is 6.57. The molecule has 0 aromatic heterocycles. The number of rotatable bonds is 4. The fourth-order valence-corrected chi connectivity index (χ4v) is 2.63. The number of nitrogens with one attached hydrogen (secondary N) is 1. The van der Waals surface area contributed by atoms with E-state index in [1.54, 1.807) is 31.2 Å². The minimum atomic E-state index is -1.18. The number of hydrogen-bond donors (Lipinski definition) is 2. The SMILES string of the molecule is Cc1cc(C(=O)Nc2cccc(S(C)=O)c2)c(N)c([N+](=O)[O-])c1. The smallest absolute Gasteiger partial charge is 0.293 e. The van der Waals surface area contributed by atoms with Crippen LogP contribution in [0.4, 0.5) is 17.1 Å². The molecule has 0 aliphatic rings. The first-order chi connectivity index (χ1) is 10.8. The zero-order valence-electron chi connectivity index (χ0n) is 12.5. The number of nitrogens with two attached hydrogens (primary N) is 1. The van der Waals surface area contributed by atoms with Crippen LogP contribution in [0.3, 0.4) is 0 Å². The predicted molar refractivity (Wildman–Crippen MR) is 89.0 cm³/mol. The first-order valence-electron chi connectivity index (χ1n) is 6.59. The molecule has 0 aliphatic carbocycles. The largest absolute Gasteiger partial charge is 0.393 e. The van der Waals surface area contributed by atoms with E-state index in [1.807, 2.05) is 0 Å². The van der Waals surface area contributed by atoms with Crippen molar-refractivity contribution < 1.29 is 13.9 Å². The number of nitro groups is 1. The van der Waals surface area contributed by atoms with Crippen LogP contribution in [0.25, 0.3) is 0 Å². The van der Waals surface area contributed by atoms with E-state index in [0.29, 0.717) is 16.1 Å². The van der Waals surface area contributed by atoms with Crippen LogP contribution < -0.4 is 11.1 Å². The molecular formula is C15H15N3O4S. The molecule has 3 N–H and O–H groups in total. The summed E-state index contributed by atoms with van der Waals surface area (Å²) in [6.07, 6.45) is 1.53. The van der Waals surface area contributed by atoms with Crippen LogP contribution in [0.5, 0.6) is 0 Å². The lowest BCUT2D eigenvalue weighted by Gasteiger charge is -2.09. The minimum absolute atomic E-state index is 0.0275. The zero-order chi connectivity index (χ0) is 17.1. The number of hydrogen-bond acceptors (Lipinski definition) is 5. The van der Waals surface area contributed by atoms with Gasteiger partial charge in [0.15, 0.2) is 0 Å². The predicted octanol–water partition coefficient (Wildman–Crippen LogP) is 2.48. The summed E-state index contributed by atoms with van der Waals surface area (Å²) in [7, 11) is -1.18. The molecule has 23 heavy (non-hydrogen) atoms. The van der Waals surface area contributed by atoms with E-state index in [9.17, 15) is 19.1 Å². The highest BCUT2D eigenvalue weighted by molar-refractivity contribution is 7.84. The fraction of sp³-hybridized carbons (Fsp3) is 0.133. The van der Waals surface area contributed by atoms with Crippen molar-refractivity contribution in [3.05, 3.63) is 57.6 Å². The van der Waals surface area contributed by atoms with E-state index in [2.05, 4.69) is 5.32 Å². The Morgan fingerprint density at radius 3 is 2.61 bits per heavy atom. The molecule has 2 rings (SSSR count). The Bertz CT molecular complexity index is 820.